The normalized spacial score (nSPS) is 22.5. The van der Waals surface area contributed by atoms with E-state index in [1.165, 1.54) is 54.5 Å². The minimum Gasteiger partial charge on any atom is 1.00 e. The molecule has 15 rings (SSSR count). The molecular weight excluding hydrogens is 2060 g/mol. The predicted molar refractivity (Wildman–Crippen MR) is 536 cm³/mol. The average Bonchev–Trinajstić information content (AvgIpc) is 1.58. The van der Waals surface area contributed by atoms with Gasteiger partial charge in [-0.3, -0.25) is 0 Å². The number of rotatable bonds is 9. The van der Waals surface area contributed by atoms with Gasteiger partial charge in [-0.2, -0.15) is 5.82 Å². The number of allylic oxidation sites excluding steroid dienone is 16. The second-order valence-corrected chi connectivity index (χ2v) is 49.0. The first-order valence-corrected chi connectivity index (χ1v) is 54.2. The first-order valence-electron chi connectivity index (χ1n) is 41.5. The van der Waals surface area contributed by atoms with Gasteiger partial charge in [-0.05, 0) is 194 Å². The smallest absolute Gasteiger partial charge is 1.00 e. The Morgan fingerprint density at radius 3 is 0.948 bits per heavy atom. The number of hydrogen-bond donors (Lipinski definition) is 0. The van der Waals surface area contributed by atoms with Crippen molar-refractivity contribution in [2.24, 2.45) is 71.0 Å². The summed E-state index contributed by atoms with van der Waals surface area (Å²) in [4.78, 5) is 6.25. The third-order valence-electron chi connectivity index (χ3n) is 26.2. The summed E-state index contributed by atoms with van der Waals surface area (Å²) < 4.78 is 230. The Bertz CT molecular complexity index is 4910. The van der Waals surface area contributed by atoms with Crippen LogP contribution in [0.5, 0.6) is 0 Å². The summed E-state index contributed by atoms with van der Waals surface area (Å²) in [7, 11) is 24.0. The maximum Gasteiger partial charge on any atom is 4.00 e. The van der Waals surface area contributed by atoms with Crippen molar-refractivity contribution in [3.05, 3.63) is 347 Å². The molecule has 4 saturated carbocycles. The van der Waals surface area contributed by atoms with Gasteiger partial charge in [-0.1, -0.05) is 225 Å². The van der Waals surface area contributed by atoms with Crippen LogP contribution in [0.25, 0.3) is 11.1 Å². The van der Waals surface area contributed by atoms with Crippen molar-refractivity contribution in [2.75, 3.05) is 57.0 Å². The number of halogens is 19. The van der Waals surface area contributed by atoms with Gasteiger partial charge in [-0.25, -0.2) is 74.6 Å². The molecule has 7 aromatic rings. The van der Waals surface area contributed by atoms with Gasteiger partial charge in [0.2, 0.25) is 11.6 Å². The monoisotopic (exact) mass is 2190 g/mol. The molecule has 0 aromatic heterocycles. The molecule has 0 heterocycles. The van der Waals surface area contributed by atoms with Crippen molar-refractivity contribution in [1.29, 1.82) is 0 Å². The van der Waals surface area contributed by atoms with Crippen molar-refractivity contribution in [1.82, 2.24) is 0 Å². The van der Waals surface area contributed by atoms with E-state index < -0.39 is 175 Å². The van der Waals surface area contributed by atoms with E-state index in [2.05, 4.69) is 204 Å². The van der Waals surface area contributed by atoms with Gasteiger partial charge in [0.05, 0.1) is 21.7 Å². The van der Waals surface area contributed by atoms with E-state index in [0.29, 0.717) is 6.92 Å². The molecule has 8 aliphatic rings. The van der Waals surface area contributed by atoms with Gasteiger partial charge in [0.25, 0.3) is 7.28 Å². The van der Waals surface area contributed by atoms with Gasteiger partial charge >= 0.3 is 68.0 Å². The van der Waals surface area contributed by atoms with E-state index in [4.69, 9.17) is 24.9 Å². The van der Waals surface area contributed by atoms with Crippen molar-refractivity contribution < 1.29 is 126 Å². The minimum absolute atomic E-state index is 0. The molecule has 727 valence electrons. The summed E-state index contributed by atoms with van der Waals surface area (Å²) in [6, 6.07) is 30.8. The van der Waals surface area contributed by atoms with Gasteiger partial charge in [0.15, 0.2) is 81.4 Å². The Morgan fingerprint density at radius 1 is 0.366 bits per heavy atom. The van der Waals surface area contributed by atoms with Crippen molar-refractivity contribution in [3.8, 4) is 22.9 Å². The number of anilines is 3. The van der Waals surface area contributed by atoms with Crippen molar-refractivity contribution >= 4 is 76.3 Å². The van der Waals surface area contributed by atoms with Crippen LogP contribution < -0.4 is 25.6 Å². The summed E-state index contributed by atoms with van der Waals surface area (Å²) in [6.07, 6.45) is 39.6. The molecule has 0 N–H and O–H groups in total. The number of benzene rings is 7. The molecule has 134 heavy (non-hydrogen) atoms. The first kappa shape index (κ1) is 129. The van der Waals surface area contributed by atoms with Gasteiger partial charge < -0.3 is 59.3 Å². The molecule has 0 aliphatic heterocycles. The first-order chi connectivity index (χ1) is 58.8. The predicted octanol–water partition coefficient (Wildman–Crippen LogP) is 31.3. The van der Waals surface area contributed by atoms with Gasteiger partial charge in [0, 0.05) is 76.0 Å². The third kappa shape index (κ3) is 29.2. The van der Waals surface area contributed by atoms with Crippen LogP contribution >= 0.6 is 17.0 Å². The van der Waals surface area contributed by atoms with Crippen LogP contribution in [-0.2, 0) is 46.7 Å². The zero-order valence-corrected chi connectivity index (χ0v) is 89.5. The Labute approximate surface area is 837 Å². The van der Waals surface area contributed by atoms with E-state index in [9.17, 15) is 74.6 Å². The van der Waals surface area contributed by atoms with Crippen LogP contribution in [0.1, 0.15) is 103 Å². The van der Waals surface area contributed by atoms with Gasteiger partial charge in [0.1, 0.15) is 19.2 Å². The molecule has 0 bridgehead atoms. The maximum atomic E-state index is 14.7. The fourth-order valence-electron chi connectivity index (χ4n) is 20.8. The molecule has 28 heteroatoms. The largest absolute Gasteiger partial charge is 4.00 e. The molecule has 16 atom stereocenters. The maximum absolute atomic E-state index is 14.7. The minimum atomic E-state index is -2.65. The molecular formula is C106H136B2Cl2F17HfN3Si2Zr+3. The van der Waals surface area contributed by atoms with Crippen molar-refractivity contribution in [2.45, 2.75) is 144 Å². The van der Waals surface area contributed by atoms with Crippen LogP contribution in [0.15, 0.2) is 187 Å². The molecule has 0 amide bonds. The molecule has 0 spiro atoms. The third-order valence-corrected chi connectivity index (χ3v) is 36.8. The topological polar surface area (TPSA) is 9.72 Å². The second kappa shape index (κ2) is 57.0. The van der Waals surface area contributed by atoms with E-state index in [0.717, 1.165) is 100 Å². The molecule has 3 radical (unpaired) electrons. The van der Waals surface area contributed by atoms with Crippen LogP contribution in [0, 0.1) is 240 Å². The number of nitrogens with zero attached hydrogens (tertiary/aromatic N) is 3. The van der Waals surface area contributed by atoms with E-state index in [-0.39, 0.29) is 96.8 Å². The Kier molecular flexibility index (Phi) is 54.9. The molecule has 8 aliphatic carbocycles. The second-order valence-electron chi connectivity index (χ2n) is 35.3. The zero-order chi connectivity index (χ0) is 92.9. The summed E-state index contributed by atoms with van der Waals surface area (Å²) in [5.74, 6) is -24.5. The van der Waals surface area contributed by atoms with Crippen LogP contribution in [0.2, 0.25) is 48.4 Å². The number of fused-ring (bicyclic) bond motifs is 4. The van der Waals surface area contributed by atoms with Gasteiger partial charge in [-0.15, -0.1) is 0 Å². The summed E-state index contributed by atoms with van der Waals surface area (Å²) in [5.41, 5.74) is 0.610. The fraction of sp³-hybridized carbons (Fsp3) is 0.377. The number of para-hydroxylation sites is 3. The van der Waals surface area contributed by atoms with Crippen molar-refractivity contribution in [3.63, 3.8) is 0 Å². The SMILES string of the molecule is C.C.CC1=CC=CC2C1CC(C)C2[Si](C)(C)C1C(C)CC2C(C)=CC=CC21.CC1CC2C=CC=CC2C1[Si](C)(C)C1C(C)CC2C=CC=CC21.CN(C)c1ccccc1.CN(C)c1ccccc1.CN(C)c1ccccc1.Cc1c(F)c(F)c([B]C#Cc2c(F)c(F)c(F)c(F)c2F)c(-c2c(F)c(F)c(F)c(F)c2F)c1F.[B]c1c(F)c(F)c(C)c(F)c1F.[CH3-].[CH3-].[CH3-].[CH3-].[CH3-].[CH3-].[Cl][Zr+2][Cl].[H+].[H+].[H+].[Hf+4]. The number of hydrogen-bond acceptors (Lipinski definition) is 3. The molecule has 4 fully saturated rings. The summed E-state index contributed by atoms with van der Waals surface area (Å²) >= 11 is -0.826. The molecule has 0 saturated heterocycles. The van der Waals surface area contributed by atoms with Crippen LogP contribution in [0.4, 0.5) is 91.7 Å². The molecule has 7 aromatic carbocycles. The fourth-order valence-corrected chi connectivity index (χ4v) is 33.4. The van der Waals surface area contributed by atoms with E-state index in [1.807, 2.05) is 96.9 Å². The van der Waals surface area contributed by atoms with E-state index >= 15 is 0 Å². The zero-order valence-electron chi connectivity index (χ0n) is 83.0. The Morgan fingerprint density at radius 2 is 0.634 bits per heavy atom. The quantitative estimate of drug-likeness (QED) is 0.0356. The van der Waals surface area contributed by atoms with E-state index in [1.54, 1.807) is 11.1 Å². The molecule has 3 nitrogen and oxygen atoms in total. The molecule has 16 unspecified atom stereocenters. The Balaban J connectivity index is -0.000000512. The summed E-state index contributed by atoms with van der Waals surface area (Å²) in [6.45, 7) is 27.4. The van der Waals surface area contributed by atoms with Crippen LogP contribution in [-0.4, -0.2) is 73.6 Å². The Hall–Kier alpha value is -6.87. The summed E-state index contributed by atoms with van der Waals surface area (Å²) in [5, 5.41) is 0. The standard InChI is InChI=1S/C24H36Si.C22H32Si.C21H3BF13.3C8H11N.C7H3BF4.2CH4.6CH3.2ClH.Hf.Zr/c1-15-9-7-11-19-21(15)13-17(3)23(19)25(5,6)24-18(4)14-22-16(2)10-8-12-20(22)24;1-15-13-17-9-5-7-11-19(17)21(15)23(3,4)22-16(2)14-18-10-6-8-12-20(18)22;1-4-9(23)6(7-13(27)18(32)21(35)19(33)14(7)28)8(15(29)10(4)24)22-3-2-5-11(25)16(30)20(34)17(31)12(5)26;3*1-9(2)8-6-4-3-5-7-8;1-2-4(9)6(11)3(8)7(12)5(2)10;;;;;;;;;;;;/h7-12,17-24H,13-14H2,1-6H3;5-12,15-22H,13-14H2,1-4H3;1H3;3*3-7H,1-2H3;1H3;2*1H4;6*1H3;2*1H;;/q;;;;;;;;;6*-1;;;2*+4/p+1. The average molecular weight is 2190 g/mol. The van der Waals surface area contributed by atoms with Crippen LogP contribution in [0.3, 0.4) is 0 Å².